The van der Waals surface area contributed by atoms with Crippen LogP contribution in [0.15, 0.2) is 18.2 Å². The number of carbonyl (C=O) groups is 2. The van der Waals surface area contributed by atoms with E-state index in [1.807, 2.05) is 11.0 Å². The highest BCUT2D eigenvalue weighted by molar-refractivity contribution is 6.35. The van der Waals surface area contributed by atoms with Gasteiger partial charge >= 0.3 is 6.03 Å². The third-order valence-electron chi connectivity index (χ3n) is 6.32. The molecule has 2 aliphatic rings. The van der Waals surface area contributed by atoms with Gasteiger partial charge in [-0.3, -0.25) is 4.79 Å². The third-order valence-corrected chi connectivity index (χ3v) is 6.91. The summed E-state index contributed by atoms with van der Waals surface area (Å²) in [7, 11) is 0. The van der Waals surface area contributed by atoms with Crippen molar-refractivity contribution in [2.45, 2.75) is 91.6 Å². The molecule has 1 aromatic carbocycles. The maximum absolute atomic E-state index is 12.8. The number of benzene rings is 1. The Labute approximate surface area is 204 Å². The lowest BCUT2D eigenvalue weighted by molar-refractivity contribution is -0.125. The topological polar surface area (TPSA) is 61.4 Å². The summed E-state index contributed by atoms with van der Waals surface area (Å²) in [5.74, 6) is 0.291. The lowest BCUT2D eigenvalue weighted by Crippen LogP contribution is -2.53. The van der Waals surface area contributed by atoms with Crippen LogP contribution < -0.4 is 10.6 Å². The van der Waals surface area contributed by atoms with Crippen molar-refractivity contribution < 1.29 is 9.59 Å². The molecule has 32 heavy (non-hydrogen) atoms. The van der Waals surface area contributed by atoms with E-state index in [2.05, 4.69) is 10.6 Å². The van der Waals surface area contributed by atoms with Crippen molar-refractivity contribution in [1.82, 2.24) is 15.5 Å². The molecule has 1 heterocycles. The van der Waals surface area contributed by atoms with Crippen LogP contribution in [0.1, 0.15) is 84.6 Å². The van der Waals surface area contributed by atoms with Gasteiger partial charge in [0.15, 0.2) is 0 Å². The van der Waals surface area contributed by atoms with Crippen LogP contribution in [0.3, 0.4) is 0 Å². The average Bonchev–Trinajstić information content (AvgIpc) is 2.71. The maximum Gasteiger partial charge on any atom is 0.317 e. The van der Waals surface area contributed by atoms with Crippen molar-refractivity contribution in [1.29, 1.82) is 0 Å². The summed E-state index contributed by atoms with van der Waals surface area (Å²) in [6.07, 6.45) is 11.0. The predicted molar refractivity (Wildman–Crippen MR) is 135 cm³/mol. The third kappa shape index (κ3) is 8.47. The minimum Gasteiger partial charge on any atom is -0.354 e. The van der Waals surface area contributed by atoms with E-state index in [0.29, 0.717) is 29.7 Å². The summed E-state index contributed by atoms with van der Waals surface area (Å²) in [4.78, 5) is 27.4. The molecule has 1 aliphatic carbocycles. The van der Waals surface area contributed by atoms with Gasteiger partial charge in [0.05, 0.1) is 6.04 Å². The number of hydrogen-bond acceptors (Lipinski definition) is 2. The van der Waals surface area contributed by atoms with Gasteiger partial charge in [-0.2, -0.15) is 0 Å². The monoisotopic (exact) mass is 485 g/mol. The average molecular weight is 487 g/mol. The molecule has 2 N–H and O–H groups in total. The molecule has 3 rings (SSSR count). The molecule has 1 saturated carbocycles. The van der Waals surface area contributed by atoms with Gasteiger partial charge in [0.25, 0.3) is 0 Å². The highest BCUT2D eigenvalue weighted by Crippen LogP contribution is 2.23. The van der Waals surface area contributed by atoms with Gasteiger partial charge < -0.3 is 15.5 Å². The smallest absolute Gasteiger partial charge is 0.317 e. The zero-order valence-corrected chi connectivity index (χ0v) is 19.1. The van der Waals surface area contributed by atoms with Gasteiger partial charge in [0.2, 0.25) is 5.91 Å². The molecule has 3 amide bonds. The van der Waals surface area contributed by atoms with E-state index in [4.69, 9.17) is 23.2 Å². The van der Waals surface area contributed by atoms with Gasteiger partial charge in [-0.1, -0.05) is 76.2 Å². The second-order valence-electron chi connectivity index (χ2n) is 8.52. The summed E-state index contributed by atoms with van der Waals surface area (Å²) in [6.45, 7) is 1.60. The molecule has 0 aromatic heterocycles. The van der Waals surface area contributed by atoms with E-state index < -0.39 is 0 Å². The van der Waals surface area contributed by atoms with Crippen molar-refractivity contribution in [3.05, 3.63) is 33.8 Å². The fraction of sp³-hybridized carbons (Fsp3) is 0.680. The first-order chi connectivity index (χ1) is 14.5. The number of hydrogen-bond donors (Lipinski definition) is 2. The Bertz CT molecular complexity index is 721. The second kappa shape index (κ2) is 14.6. The summed E-state index contributed by atoms with van der Waals surface area (Å²) >= 11 is 12.2. The standard InChI is InChI=1S/C23H33Cl2N3O2.2CH4/c24-19-12-11-18(21(25)14-19)15-27-23(30)28-13-7-6-10-20(28)16-26-22(29)17-8-4-2-1-3-5-9-17;;/h11-12,14,17,20H,1-10,13,15-16H2,(H,26,29)(H,27,30);2*1H4. The number of nitrogens with zero attached hydrogens (tertiary/aromatic N) is 1. The number of amides is 3. The molecular formula is C25H41Cl2N3O2. The molecule has 1 saturated heterocycles. The zero-order valence-electron chi connectivity index (χ0n) is 17.6. The van der Waals surface area contributed by atoms with Gasteiger partial charge in [0.1, 0.15) is 0 Å². The summed E-state index contributed by atoms with van der Waals surface area (Å²) in [5, 5.41) is 7.24. The Morgan fingerprint density at radius 3 is 2.25 bits per heavy atom. The Balaban J connectivity index is 0.00000256. The van der Waals surface area contributed by atoms with Crippen LogP contribution in [-0.2, 0) is 11.3 Å². The van der Waals surface area contributed by atoms with Crippen molar-refractivity contribution in [3.63, 3.8) is 0 Å². The van der Waals surface area contributed by atoms with Crippen molar-refractivity contribution in [3.8, 4) is 0 Å². The quantitative estimate of drug-likeness (QED) is 0.481. The number of urea groups is 1. The molecular weight excluding hydrogens is 445 g/mol. The fourth-order valence-corrected chi connectivity index (χ4v) is 4.97. The van der Waals surface area contributed by atoms with Crippen molar-refractivity contribution in [2.24, 2.45) is 5.92 Å². The molecule has 5 nitrogen and oxygen atoms in total. The highest BCUT2D eigenvalue weighted by Gasteiger charge is 2.28. The van der Waals surface area contributed by atoms with E-state index >= 15 is 0 Å². The molecule has 0 bridgehead atoms. The maximum atomic E-state index is 12.8. The summed E-state index contributed by atoms with van der Waals surface area (Å²) < 4.78 is 0. The molecule has 1 unspecified atom stereocenters. The van der Waals surface area contributed by atoms with Crippen LogP contribution in [0.5, 0.6) is 0 Å². The molecule has 7 heteroatoms. The largest absolute Gasteiger partial charge is 0.354 e. The Morgan fingerprint density at radius 1 is 0.906 bits per heavy atom. The SMILES string of the molecule is C.C.O=C(NCC1CCCCN1C(=O)NCc1ccc(Cl)cc1Cl)C1CCCCCCC1. The molecule has 0 spiro atoms. The molecule has 0 radical (unpaired) electrons. The highest BCUT2D eigenvalue weighted by atomic mass is 35.5. The Morgan fingerprint density at radius 2 is 1.56 bits per heavy atom. The number of likely N-dealkylation sites (tertiary alicyclic amines) is 1. The minimum atomic E-state index is -0.106. The van der Waals surface area contributed by atoms with E-state index in [0.717, 1.165) is 50.5 Å². The lowest BCUT2D eigenvalue weighted by Gasteiger charge is -2.36. The first kappa shape index (κ1) is 28.6. The van der Waals surface area contributed by atoms with E-state index in [1.165, 1.54) is 19.3 Å². The van der Waals surface area contributed by atoms with Crippen LogP contribution in [0.25, 0.3) is 0 Å². The fourth-order valence-electron chi connectivity index (χ4n) is 4.50. The number of carbonyl (C=O) groups excluding carboxylic acids is 2. The molecule has 1 aromatic rings. The van der Waals surface area contributed by atoms with Gasteiger partial charge in [-0.25, -0.2) is 4.79 Å². The normalized spacial score (nSPS) is 19.6. The predicted octanol–water partition coefficient (Wildman–Crippen LogP) is 6.81. The van der Waals surface area contributed by atoms with E-state index in [-0.39, 0.29) is 38.8 Å². The molecule has 2 fully saturated rings. The van der Waals surface area contributed by atoms with Crippen LogP contribution in [0.2, 0.25) is 10.0 Å². The summed E-state index contributed by atoms with van der Waals surface area (Å²) in [6, 6.07) is 5.21. The van der Waals surface area contributed by atoms with Gasteiger partial charge in [0, 0.05) is 35.6 Å². The number of nitrogens with one attached hydrogen (secondary N) is 2. The number of piperidine rings is 1. The molecule has 1 aliphatic heterocycles. The van der Waals surface area contributed by atoms with E-state index in [1.54, 1.807) is 12.1 Å². The number of rotatable bonds is 5. The van der Waals surface area contributed by atoms with E-state index in [9.17, 15) is 9.59 Å². The Kier molecular flexibility index (Phi) is 13.1. The molecule has 182 valence electrons. The first-order valence-electron chi connectivity index (χ1n) is 11.3. The minimum absolute atomic E-state index is 0. The van der Waals surface area contributed by atoms with Crippen LogP contribution in [0.4, 0.5) is 4.79 Å². The molecule has 1 atom stereocenters. The van der Waals surface area contributed by atoms with Gasteiger partial charge in [-0.15, -0.1) is 0 Å². The van der Waals surface area contributed by atoms with Crippen LogP contribution >= 0.6 is 23.2 Å². The lowest BCUT2D eigenvalue weighted by atomic mass is 9.90. The number of halogens is 2. The first-order valence-corrected chi connectivity index (χ1v) is 12.1. The summed E-state index contributed by atoms with van der Waals surface area (Å²) in [5.41, 5.74) is 0.834. The Hall–Kier alpha value is -1.46. The van der Waals surface area contributed by atoms with Crippen molar-refractivity contribution >= 4 is 35.1 Å². The van der Waals surface area contributed by atoms with Crippen LogP contribution in [-0.4, -0.2) is 36.0 Å². The van der Waals surface area contributed by atoms with Crippen LogP contribution in [0, 0.1) is 5.92 Å². The van der Waals surface area contributed by atoms with Gasteiger partial charge in [-0.05, 0) is 49.8 Å². The second-order valence-corrected chi connectivity index (χ2v) is 9.37. The van der Waals surface area contributed by atoms with Crippen molar-refractivity contribution in [2.75, 3.05) is 13.1 Å². The zero-order chi connectivity index (χ0) is 21.3.